The van der Waals surface area contributed by atoms with E-state index in [0.29, 0.717) is 26.3 Å². The van der Waals surface area contributed by atoms with Crippen molar-refractivity contribution in [3.05, 3.63) is 46.5 Å². The van der Waals surface area contributed by atoms with Crippen molar-refractivity contribution in [1.29, 1.82) is 0 Å². The Bertz CT molecular complexity index is 449. The number of rotatable bonds is 10. The Morgan fingerprint density at radius 1 is 1.45 bits per heavy atom. The molecule has 0 amide bonds. The third-order valence-corrected chi connectivity index (χ3v) is 2.66. The van der Waals surface area contributed by atoms with Crippen LogP contribution in [0.2, 0.25) is 0 Å². The van der Waals surface area contributed by atoms with Crippen LogP contribution in [0.25, 0.3) is 0 Å². The van der Waals surface area contributed by atoms with E-state index >= 15 is 0 Å². The lowest BCUT2D eigenvalue weighted by molar-refractivity contribution is -0.385. The van der Waals surface area contributed by atoms with Crippen LogP contribution in [0, 0.1) is 10.1 Å². The summed E-state index contributed by atoms with van der Waals surface area (Å²) >= 11 is 0. The fraction of sp³-hybridized carbons (Fsp3) is 0.429. The third kappa shape index (κ3) is 5.38. The van der Waals surface area contributed by atoms with Crippen molar-refractivity contribution in [1.82, 2.24) is 5.32 Å². The van der Waals surface area contributed by atoms with Crippen LogP contribution < -0.4 is 10.1 Å². The first-order valence-corrected chi connectivity index (χ1v) is 6.39. The number of hydrogen-bond donors (Lipinski definition) is 1. The molecule has 0 aliphatic heterocycles. The predicted molar refractivity (Wildman–Crippen MR) is 77.0 cm³/mol. The second-order valence-corrected chi connectivity index (χ2v) is 4.13. The molecule has 0 bridgehead atoms. The van der Waals surface area contributed by atoms with Crippen molar-refractivity contribution in [2.75, 3.05) is 26.9 Å². The lowest BCUT2D eigenvalue weighted by atomic mass is 10.2. The highest BCUT2D eigenvalue weighted by Crippen LogP contribution is 2.27. The maximum atomic E-state index is 10.9. The first kappa shape index (κ1) is 16.1. The van der Waals surface area contributed by atoms with E-state index in [4.69, 9.17) is 9.47 Å². The smallest absolute Gasteiger partial charge is 0.311 e. The van der Waals surface area contributed by atoms with Crippen LogP contribution in [0.15, 0.2) is 30.9 Å². The van der Waals surface area contributed by atoms with Crippen LogP contribution in [0.4, 0.5) is 5.69 Å². The van der Waals surface area contributed by atoms with Gasteiger partial charge in [-0.05, 0) is 18.1 Å². The molecule has 0 unspecified atom stereocenters. The van der Waals surface area contributed by atoms with Crippen LogP contribution in [0.3, 0.4) is 0 Å². The molecule has 6 heteroatoms. The summed E-state index contributed by atoms with van der Waals surface area (Å²) in [6, 6.07) is 4.93. The van der Waals surface area contributed by atoms with Crippen molar-refractivity contribution in [2.24, 2.45) is 0 Å². The Labute approximate surface area is 118 Å². The molecule has 0 aliphatic rings. The molecule has 0 spiro atoms. The molecule has 0 radical (unpaired) electrons. The molecule has 1 N–H and O–H groups in total. The van der Waals surface area contributed by atoms with Crippen LogP contribution in [-0.2, 0) is 11.3 Å². The third-order valence-electron chi connectivity index (χ3n) is 2.66. The second kappa shape index (κ2) is 9.06. The maximum Gasteiger partial charge on any atom is 0.311 e. The largest absolute Gasteiger partial charge is 0.490 e. The van der Waals surface area contributed by atoms with Crippen molar-refractivity contribution in [2.45, 2.75) is 13.0 Å². The monoisotopic (exact) mass is 280 g/mol. The van der Waals surface area contributed by atoms with Gasteiger partial charge in [0.1, 0.15) is 0 Å². The lowest BCUT2D eigenvalue weighted by Gasteiger charge is -2.07. The van der Waals surface area contributed by atoms with Gasteiger partial charge in [-0.1, -0.05) is 12.1 Å². The number of ether oxygens (including phenoxy) is 2. The van der Waals surface area contributed by atoms with Gasteiger partial charge in [0.05, 0.1) is 25.2 Å². The van der Waals surface area contributed by atoms with Gasteiger partial charge < -0.3 is 14.8 Å². The number of nitrogens with zero attached hydrogens (tertiary/aromatic N) is 1. The van der Waals surface area contributed by atoms with Crippen LogP contribution in [0.1, 0.15) is 12.0 Å². The standard InChI is InChI=1S/C14H20N2O4/c1-3-4-8-20-9-7-15-11-12-5-6-14(19-2)13(10-12)16(17)18/h3,5-6,10,15H,1,4,7-9,11H2,2H3. The number of methoxy groups -OCH3 is 1. The second-order valence-electron chi connectivity index (χ2n) is 4.13. The first-order valence-electron chi connectivity index (χ1n) is 6.39. The fourth-order valence-electron chi connectivity index (χ4n) is 1.63. The number of benzene rings is 1. The van der Waals surface area contributed by atoms with Gasteiger partial charge in [0.15, 0.2) is 5.75 Å². The SMILES string of the molecule is C=CCCOCCNCc1ccc(OC)c([N+](=O)[O-])c1. The summed E-state index contributed by atoms with van der Waals surface area (Å²) in [4.78, 5) is 10.4. The zero-order chi connectivity index (χ0) is 14.8. The molecular formula is C14H20N2O4. The molecule has 1 rings (SSSR count). The van der Waals surface area contributed by atoms with Crippen molar-refractivity contribution in [3.8, 4) is 5.75 Å². The predicted octanol–water partition coefficient (Wildman–Crippen LogP) is 2.29. The van der Waals surface area contributed by atoms with Gasteiger partial charge in [-0.25, -0.2) is 0 Å². The quantitative estimate of drug-likeness (QED) is 0.308. The minimum atomic E-state index is -0.444. The fourth-order valence-corrected chi connectivity index (χ4v) is 1.63. The van der Waals surface area contributed by atoms with E-state index in [-0.39, 0.29) is 11.4 Å². The molecule has 0 fully saturated rings. The molecular weight excluding hydrogens is 260 g/mol. The molecule has 0 saturated heterocycles. The van der Waals surface area contributed by atoms with Crippen LogP contribution in [-0.4, -0.2) is 31.8 Å². The van der Waals surface area contributed by atoms with Crippen molar-refractivity contribution < 1.29 is 14.4 Å². The summed E-state index contributed by atoms with van der Waals surface area (Å²) in [5, 5.41) is 14.1. The van der Waals surface area contributed by atoms with Gasteiger partial charge in [0.2, 0.25) is 0 Å². The van der Waals surface area contributed by atoms with Gasteiger partial charge in [0.25, 0.3) is 0 Å². The molecule has 20 heavy (non-hydrogen) atoms. The lowest BCUT2D eigenvalue weighted by Crippen LogP contribution is -2.19. The highest BCUT2D eigenvalue weighted by molar-refractivity contribution is 5.48. The van der Waals surface area contributed by atoms with E-state index in [1.165, 1.54) is 13.2 Å². The normalized spacial score (nSPS) is 10.2. The van der Waals surface area contributed by atoms with Gasteiger partial charge in [-0.15, -0.1) is 6.58 Å². The van der Waals surface area contributed by atoms with Crippen LogP contribution >= 0.6 is 0 Å². The number of nitrogens with one attached hydrogen (secondary N) is 1. The Balaban J connectivity index is 2.39. The molecule has 1 aromatic rings. The maximum absolute atomic E-state index is 10.9. The molecule has 110 valence electrons. The number of nitro benzene ring substituents is 1. The first-order chi connectivity index (χ1) is 9.69. The highest BCUT2D eigenvalue weighted by Gasteiger charge is 2.14. The average Bonchev–Trinajstić information content (AvgIpc) is 2.46. The number of nitro groups is 1. The van der Waals surface area contributed by atoms with E-state index in [9.17, 15) is 10.1 Å². The highest BCUT2D eigenvalue weighted by atomic mass is 16.6. The Hall–Kier alpha value is -1.92. The summed E-state index contributed by atoms with van der Waals surface area (Å²) < 4.78 is 10.3. The molecule has 0 saturated carbocycles. The van der Waals surface area contributed by atoms with E-state index in [0.717, 1.165) is 12.0 Å². The summed E-state index contributed by atoms with van der Waals surface area (Å²) in [6.07, 6.45) is 2.65. The van der Waals surface area contributed by atoms with Crippen molar-refractivity contribution in [3.63, 3.8) is 0 Å². The topological polar surface area (TPSA) is 73.6 Å². The molecule has 0 heterocycles. The van der Waals surface area contributed by atoms with E-state index in [1.54, 1.807) is 12.1 Å². The van der Waals surface area contributed by atoms with Gasteiger partial charge in [-0.3, -0.25) is 10.1 Å². The Morgan fingerprint density at radius 3 is 2.90 bits per heavy atom. The molecule has 0 aromatic heterocycles. The van der Waals surface area contributed by atoms with E-state index in [2.05, 4.69) is 11.9 Å². The van der Waals surface area contributed by atoms with E-state index < -0.39 is 4.92 Å². The molecule has 0 aliphatic carbocycles. The minimum absolute atomic E-state index is 0.0194. The summed E-state index contributed by atoms with van der Waals surface area (Å²) in [7, 11) is 1.42. The zero-order valence-electron chi connectivity index (χ0n) is 11.6. The van der Waals surface area contributed by atoms with Gasteiger partial charge in [0, 0.05) is 19.2 Å². The van der Waals surface area contributed by atoms with E-state index in [1.807, 2.05) is 6.08 Å². The zero-order valence-corrected chi connectivity index (χ0v) is 11.6. The minimum Gasteiger partial charge on any atom is -0.490 e. The summed E-state index contributed by atoms with van der Waals surface area (Å²) in [5.74, 6) is 0.270. The molecule has 0 atom stereocenters. The Morgan fingerprint density at radius 2 is 2.25 bits per heavy atom. The summed E-state index contributed by atoms with van der Waals surface area (Å²) in [5.41, 5.74) is 0.817. The Kier molecular flexibility index (Phi) is 7.31. The van der Waals surface area contributed by atoms with Gasteiger partial charge in [-0.2, -0.15) is 0 Å². The van der Waals surface area contributed by atoms with Crippen molar-refractivity contribution >= 4 is 5.69 Å². The molecule has 6 nitrogen and oxygen atoms in total. The average molecular weight is 280 g/mol. The van der Waals surface area contributed by atoms with Crippen LogP contribution in [0.5, 0.6) is 5.75 Å². The number of hydrogen-bond acceptors (Lipinski definition) is 5. The summed E-state index contributed by atoms with van der Waals surface area (Å²) in [6.45, 7) is 6.12. The van der Waals surface area contributed by atoms with Gasteiger partial charge >= 0.3 is 5.69 Å². The molecule has 1 aromatic carbocycles.